The molecule has 0 spiro atoms. The zero-order valence-electron chi connectivity index (χ0n) is 16.1. The van der Waals surface area contributed by atoms with Crippen LogP contribution in [0.5, 0.6) is 0 Å². The summed E-state index contributed by atoms with van der Waals surface area (Å²) >= 11 is 0. The molecule has 5 nitrogen and oxygen atoms in total. The van der Waals surface area contributed by atoms with Crippen LogP contribution < -0.4 is 10.6 Å². The molecule has 1 fully saturated rings. The van der Waals surface area contributed by atoms with E-state index in [4.69, 9.17) is 14.5 Å². The molecule has 1 aliphatic rings. The average molecular weight is 348 g/mol. The third-order valence-corrected chi connectivity index (χ3v) is 4.95. The zero-order chi connectivity index (χ0) is 18.1. The molecule has 0 aliphatic carbocycles. The number of nitrogens with zero attached hydrogens (tertiary/aromatic N) is 1. The van der Waals surface area contributed by atoms with Gasteiger partial charge < -0.3 is 20.1 Å². The van der Waals surface area contributed by atoms with Crippen molar-refractivity contribution in [3.8, 4) is 0 Å². The molecule has 1 atom stereocenters. The second kappa shape index (κ2) is 9.78. The molecule has 1 aromatic rings. The quantitative estimate of drug-likeness (QED) is 0.588. The molecule has 140 valence electrons. The monoisotopic (exact) mass is 347 g/mol. The highest BCUT2D eigenvalue weighted by Crippen LogP contribution is 2.24. The van der Waals surface area contributed by atoms with Gasteiger partial charge in [0.25, 0.3) is 0 Å². The van der Waals surface area contributed by atoms with Crippen LogP contribution in [0.25, 0.3) is 0 Å². The number of nitrogens with one attached hydrogen (secondary N) is 2. The molecule has 0 bridgehead atoms. The molecular weight excluding hydrogens is 314 g/mol. The van der Waals surface area contributed by atoms with Crippen LogP contribution >= 0.6 is 0 Å². The van der Waals surface area contributed by atoms with Gasteiger partial charge in [0, 0.05) is 39.7 Å². The van der Waals surface area contributed by atoms with Crippen LogP contribution in [0.2, 0.25) is 0 Å². The Hall–Kier alpha value is -1.59. The maximum Gasteiger partial charge on any atom is 0.191 e. The van der Waals surface area contributed by atoms with Crippen molar-refractivity contribution in [2.75, 3.05) is 33.4 Å². The minimum Gasteiger partial charge on any atom is -0.381 e. The molecule has 1 unspecified atom stereocenters. The fourth-order valence-corrected chi connectivity index (χ4v) is 3.04. The zero-order valence-corrected chi connectivity index (χ0v) is 16.1. The number of aryl methyl sites for hydroxylation is 1. The fourth-order valence-electron chi connectivity index (χ4n) is 3.04. The summed E-state index contributed by atoms with van der Waals surface area (Å²) in [5.74, 6) is 0.831. The van der Waals surface area contributed by atoms with E-state index in [1.165, 1.54) is 11.1 Å². The van der Waals surface area contributed by atoms with Gasteiger partial charge in [-0.15, -0.1) is 0 Å². The predicted octanol–water partition coefficient (Wildman–Crippen LogP) is 3.06. The third-order valence-electron chi connectivity index (χ3n) is 4.95. The standard InChI is InChI=1S/C20H33N3O2/c1-5-17-7-9-18(10-8-17)16(3)23-19(21-6-2)22-15-20(24-4)11-13-25-14-12-20/h7-10,16H,5-6,11-15H2,1-4H3,(H2,21,22,23). The van der Waals surface area contributed by atoms with Crippen molar-refractivity contribution in [1.82, 2.24) is 10.6 Å². The first-order valence-electron chi connectivity index (χ1n) is 9.39. The van der Waals surface area contributed by atoms with Crippen molar-refractivity contribution < 1.29 is 9.47 Å². The number of ether oxygens (including phenoxy) is 2. The van der Waals surface area contributed by atoms with Gasteiger partial charge in [-0.3, -0.25) is 4.99 Å². The van der Waals surface area contributed by atoms with Crippen LogP contribution in [0.4, 0.5) is 0 Å². The third kappa shape index (κ3) is 5.72. The number of guanidine groups is 1. The van der Waals surface area contributed by atoms with Crippen LogP contribution in [-0.2, 0) is 15.9 Å². The van der Waals surface area contributed by atoms with Crippen molar-refractivity contribution >= 4 is 5.96 Å². The van der Waals surface area contributed by atoms with Gasteiger partial charge in [0.2, 0.25) is 0 Å². The SMILES string of the molecule is CCNC(=NCC1(OC)CCOCC1)NC(C)c1ccc(CC)cc1. The minimum absolute atomic E-state index is 0.192. The van der Waals surface area contributed by atoms with Crippen molar-refractivity contribution in [3.05, 3.63) is 35.4 Å². The van der Waals surface area contributed by atoms with E-state index in [9.17, 15) is 0 Å². The van der Waals surface area contributed by atoms with Gasteiger partial charge >= 0.3 is 0 Å². The van der Waals surface area contributed by atoms with Crippen LogP contribution in [0, 0.1) is 0 Å². The van der Waals surface area contributed by atoms with E-state index in [0.717, 1.165) is 45.0 Å². The molecule has 2 rings (SSSR count). The molecule has 0 aromatic heterocycles. The van der Waals surface area contributed by atoms with Crippen molar-refractivity contribution in [2.24, 2.45) is 4.99 Å². The topological polar surface area (TPSA) is 54.9 Å². The Labute approximate surface area is 152 Å². The summed E-state index contributed by atoms with van der Waals surface area (Å²) in [6.45, 7) is 9.38. The van der Waals surface area contributed by atoms with Crippen molar-refractivity contribution in [1.29, 1.82) is 0 Å². The van der Waals surface area contributed by atoms with E-state index in [0.29, 0.717) is 6.54 Å². The lowest BCUT2D eigenvalue weighted by molar-refractivity contribution is -0.0828. The predicted molar refractivity (Wildman–Crippen MR) is 103 cm³/mol. The lowest BCUT2D eigenvalue weighted by Gasteiger charge is -2.34. The first kappa shape index (κ1) is 19.7. The first-order valence-corrected chi connectivity index (χ1v) is 9.39. The largest absolute Gasteiger partial charge is 0.381 e. The van der Waals surface area contributed by atoms with Crippen molar-refractivity contribution in [2.45, 2.75) is 51.7 Å². The Balaban J connectivity index is 2.02. The van der Waals surface area contributed by atoms with E-state index in [1.54, 1.807) is 7.11 Å². The summed E-state index contributed by atoms with van der Waals surface area (Å²) in [6.07, 6.45) is 2.84. The number of methoxy groups -OCH3 is 1. The lowest BCUT2D eigenvalue weighted by atomic mass is 9.94. The Kier molecular flexibility index (Phi) is 7.72. The van der Waals surface area contributed by atoms with E-state index >= 15 is 0 Å². The van der Waals surface area contributed by atoms with E-state index < -0.39 is 0 Å². The summed E-state index contributed by atoms with van der Waals surface area (Å²) in [6, 6.07) is 8.96. The summed E-state index contributed by atoms with van der Waals surface area (Å²) in [5, 5.41) is 6.84. The van der Waals surface area contributed by atoms with Crippen molar-refractivity contribution in [3.63, 3.8) is 0 Å². The maximum atomic E-state index is 5.78. The van der Waals surface area contributed by atoms with Gasteiger partial charge in [0.1, 0.15) is 0 Å². The summed E-state index contributed by atoms with van der Waals surface area (Å²) < 4.78 is 11.2. The van der Waals surface area contributed by atoms with Gasteiger partial charge in [-0.25, -0.2) is 0 Å². The van der Waals surface area contributed by atoms with E-state index in [1.807, 2.05) is 0 Å². The van der Waals surface area contributed by atoms with E-state index in [-0.39, 0.29) is 11.6 Å². The molecule has 1 aliphatic heterocycles. The molecule has 0 radical (unpaired) electrons. The molecule has 2 N–H and O–H groups in total. The van der Waals surface area contributed by atoms with Gasteiger partial charge in [-0.1, -0.05) is 31.2 Å². The molecule has 5 heteroatoms. The maximum absolute atomic E-state index is 5.78. The van der Waals surface area contributed by atoms with Crippen LogP contribution in [0.1, 0.15) is 50.8 Å². The number of rotatable bonds is 7. The highest BCUT2D eigenvalue weighted by atomic mass is 16.5. The first-order chi connectivity index (χ1) is 12.1. The number of benzene rings is 1. The smallest absolute Gasteiger partial charge is 0.191 e. The number of hydrogen-bond donors (Lipinski definition) is 2. The Morgan fingerprint density at radius 2 is 1.92 bits per heavy atom. The van der Waals surface area contributed by atoms with Gasteiger partial charge in [0.15, 0.2) is 5.96 Å². The Morgan fingerprint density at radius 1 is 1.24 bits per heavy atom. The summed E-state index contributed by atoms with van der Waals surface area (Å²) in [4.78, 5) is 4.79. The summed E-state index contributed by atoms with van der Waals surface area (Å²) in [5.41, 5.74) is 2.42. The number of hydrogen-bond acceptors (Lipinski definition) is 3. The highest BCUT2D eigenvalue weighted by Gasteiger charge is 2.32. The van der Waals surface area contributed by atoms with Crippen LogP contribution in [0.15, 0.2) is 29.3 Å². The normalized spacial score (nSPS) is 18.6. The Bertz CT molecular complexity index is 536. The molecule has 0 amide bonds. The van der Waals surface area contributed by atoms with E-state index in [2.05, 4.69) is 55.7 Å². The molecule has 25 heavy (non-hydrogen) atoms. The van der Waals surface area contributed by atoms with Crippen LogP contribution in [-0.4, -0.2) is 45.0 Å². The second-order valence-corrected chi connectivity index (χ2v) is 6.66. The molecule has 1 aromatic carbocycles. The average Bonchev–Trinajstić information content (AvgIpc) is 2.67. The van der Waals surface area contributed by atoms with Crippen LogP contribution in [0.3, 0.4) is 0 Å². The Morgan fingerprint density at radius 3 is 2.48 bits per heavy atom. The second-order valence-electron chi connectivity index (χ2n) is 6.66. The lowest BCUT2D eigenvalue weighted by Crippen LogP contribution is -2.44. The fraction of sp³-hybridized carbons (Fsp3) is 0.650. The molecular formula is C20H33N3O2. The van der Waals surface area contributed by atoms with Gasteiger partial charge in [-0.2, -0.15) is 0 Å². The summed E-state index contributed by atoms with van der Waals surface area (Å²) in [7, 11) is 1.78. The molecule has 0 saturated carbocycles. The van der Waals surface area contributed by atoms with Gasteiger partial charge in [-0.05, 0) is 31.4 Å². The highest BCUT2D eigenvalue weighted by molar-refractivity contribution is 5.80. The number of aliphatic imine (C=N–C) groups is 1. The molecule has 1 heterocycles. The van der Waals surface area contributed by atoms with Gasteiger partial charge in [0.05, 0.1) is 18.2 Å². The minimum atomic E-state index is -0.202. The molecule has 1 saturated heterocycles.